The topological polar surface area (TPSA) is 71.3 Å². The van der Waals surface area contributed by atoms with Gasteiger partial charge in [-0.05, 0) is 55.5 Å². The first-order valence-corrected chi connectivity index (χ1v) is 9.56. The molecule has 1 aliphatic rings. The molecule has 0 saturated heterocycles. The second-order valence-corrected chi connectivity index (χ2v) is 7.27. The molecule has 27 heavy (non-hydrogen) atoms. The Bertz CT molecular complexity index is 1010. The Labute approximate surface area is 159 Å². The predicted octanol–water partition coefficient (Wildman–Crippen LogP) is 4.10. The third-order valence-electron chi connectivity index (χ3n) is 4.56. The van der Waals surface area contributed by atoms with Crippen LogP contribution in [0, 0.1) is 5.82 Å². The van der Waals surface area contributed by atoms with E-state index in [4.69, 9.17) is 4.42 Å². The molecular weight excluding hydrogens is 367 g/mol. The van der Waals surface area contributed by atoms with Crippen molar-refractivity contribution in [3.8, 4) is 11.3 Å². The van der Waals surface area contributed by atoms with Crippen LogP contribution in [0.25, 0.3) is 11.3 Å². The highest BCUT2D eigenvalue weighted by atomic mass is 32.1. The van der Waals surface area contributed by atoms with Crippen molar-refractivity contribution in [3.05, 3.63) is 69.4 Å². The first-order valence-electron chi connectivity index (χ1n) is 8.68. The molecular formula is C20H17FN2O3S. The van der Waals surface area contributed by atoms with Gasteiger partial charge >= 0.3 is 5.91 Å². The minimum absolute atomic E-state index is 0.0131. The van der Waals surface area contributed by atoms with Crippen molar-refractivity contribution in [2.24, 2.45) is 0 Å². The molecule has 0 saturated carbocycles. The normalized spacial score (nSPS) is 13.1. The number of amides is 2. The van der Waals surface area contributed by atoms with Gasteiger partial charge in [0, 0.05) is 10.3 Å². The minimum Gasteiger partial charge on any atom is -0.451 e. The fourth-order valence-corrected chi connectivity index (χ4v) is 4.32. The predicted molar refractivity (Wildman–Crippen MR) is 100.0 cm³/mol. The highest BCUT2D eigenvalue weighted by Crippen LogP contribution is 2.30. The molecule has 138 valence electrons. The highest BCUT2D eigenvalue weighted by Gasteiger charge is 2.21. The molecule has 5 nitrogen and oxygen atoms in total. The van der Waals surface area contributed by atoms with E-state index < -0.39 is 11.7 Å². The average Bonchev–Trinajstić information content (AvgIpc) is 3.33. The Morgan fingerprint density at radius 2 is 1.78 bits per heavy atom. The van der Waals surface area contributed by atoms with Crippen LogP contribution in [-0.4, -0.2) is 11.8 Å². The van der Waals surface area contributed by atoms with Crippen LogP contribution >= 0.6 is 11.3 Å². The second kappa shape index (κ2) is 7.36. The number of fused-ring (bicyclic) bond motifs is 1. The molecule has 2 aromatic heterocycles. The molecule has 2 amide bonds. The van der Waals surface area contributed by atoms with Crippen molar-refractivity contribution in [2.45, 2.75) is 25.7 Å². The Kier molecular flexibility index (Phi) is 4.77. The molecule has 2 N–H and O–H groups in total. The van der Waals surface area contributed by atoms with Crippen molar-refractivity contribution in [1.82, 2.24) is 10.9 Å². The van der Waals surface area contributed by atoms with Crippen LogP contribution in [0.1, 0.15) is 44.2 Å². The van der Waals surface area contributed by atoms with E-state index in [1.807, 2.05) is 5.38 Å². The molecule has 3 aromatic rings. The Balaban J connectivity index is 1.42. The summed E-state index contributed by atoms with van der Waals surface area (Å²) < 4.78 is 19.2. The number of benzene rings is 1. The third-order valence-corrected chi connectivity index (χ3v) is 5.65. The Hall–Kier alpha value is -2.93. The van der Waals surface area contributed by atoms with Crippen LogP contribution in [0.5, 0.6) is 0 Å². The van der Waals surface area contributed by atoms with Crippen LogP contribution in [0.4, 0.5) is 4.39 Å². The molecule has 2 heterocycles. The van der Waals surface area contributed by atoms with Gasteiger partial charge in [0.25, 0.3) is 5.91 Å². The molecule has 7 heteroatoms. The summed E-state index contributed by atoms with van der Waals surface area (Å²) in [5.41, 5.74) is 6.74. The van der Waals surface area contributed by atoms with Gasteiger partial charge in [-0.1, -0.05) is 12.1 Å². The quantitative estimate of drug-likeness (QED) is 0.668. The van der Waals surface area contributed by atoms with E-state index >= 15 is 0 Å². The van der Waals surface area contributed by atoms with E-state index in [-0.39, 0.29) is 23.0 Å². The van der Waals surface area contributed by atoms with Crippen molar-refractivity contribution < 1.29 is 18.4 Å². The number of rotatable bonds is 3. The van der Waals surface area contributed by atoms with Gasteiger partial charge in [0.15, 0.2) is 5.76 Å². The molecule has 0 atom stereocenters. The molecule has 0 spiro atoms. The first kappa shape index (κ1) is 17.5. The monoisotopic (exact) mass is 384 g/mol. The standard InChI is InChI=1S/C20H17FN2O3S/c21-15-7-3-1-6-13(15)16-9-10-17(26-16)20(25)23-22-19(24)14-11-27-18-8-4-2-5-12(14)18/h1,3,6-7,9-11H,2,4-5,8H2,(H,22,24)(H,23,25). The van der Waals surface area contributed by atoms with Gasteiger partial charge in [0.2, 0.25) is 0 Å². The molecule has 4 rings (SSSR count). The van der Waals surface area contributed by atoms with E-state index in [1.54, 1.807) is 29.5 Å². The number of halogens is 1. The van der Waals surface area contributed by atoms with Gasteiger partial charge in [-0.15, -0.1) is 11.3 Å². The summed E-state index contributed by atoms with van der Waals surface area (Å²) in [5.74, 6) is -1.15. The van der Waals surface area contributed by atoms with E-state index in [0.29, 0.717) is 5.56 Å². The number of aryl methyl sites for hydroxylation is 1. The van der Waals surface area contributed by atoms with Crippen molar-refractivity contribution in [1.29, 1.82) is 0 Å². The zero-order chi connectivity index (χ0) is 18.8. The van der Waals surface area contributed by atoms with Crippen molar-refractivity contribution in [3.63, 3.8) is 0 Å². The van der Waals surface area contributed by atoms with Crippen molar-refractivity contribution >= 4 is 23.2 Å². The number of hydrogen-bond donors (Lipinski definition) is 2. The highest BCUT2D eigenvalue weighted by molar-refractivity contribution is 7.10. The SMILES string of the molecule is O=C(NNC(=O)c1csc2c1CCCC2)c1ccc(-c2ccccc2F)o1. The van der Waals surface area contributed by atoms with E-state index in [0.717, 1.165) is 31.2 Å². The minimum atomic E-state index is -0.602. The average molecular weight is 384 g/mol. The van der Waals surface area contributed by atoms with Gasteiger partial charge in [-0.2, -0.15) is 0 Å². The van der Waals surface area contributed by atoms with E-state index in [9.17, 15) is 14.0 Å². The number of nitrogens with one attached hydrogen (secondary N) is 2. The summed E-state index contributed by atoms with van der Waals surface area (Å²) in [5, 5.41) is 1.83. The van der Waals surface area contributed by atoms with Gasteiger partial charge in [0.1, 0.15) is 11.6 Å². The van der Waals surface area contributed by atoms with Gasteiger partial charge < -0.3 is 4.42 Å². The van der Waals surface area contributed by atoms with Gasteiger partial charge in [0.05, 0.1) is 11.1 Å². The number of carbonyl (C=O) groups excluding carboxylic acids is 2. The van der Waals surface area contributed by atoms with Crippen LogP contribution in [-0.2, 0) is 12.8 Å². The Morgan fingerprint density at radius 3 is 2.63 bits per heavy atom. The largest absolute Gasteiger partial charge is 0.451 e. The lowest BCUT2D eigenvalue weighted by atomic mass is 9.96. The molecule has 0 radical (unpaired) electrons. The number of furan rings is 1. The molecule has 0 bridgehead atoms. The summed E-state index contributed by atoms with van der Waals surface area (Å²) in [4.78, 5) is 25.9. The van der Waals surface area contributed by atoms with Crippen LogP contribution in [0.15, 0.2) is 46.2 Å². The summed E-state index contributed by atoms with van der Waals surface area (Å²) in [6.45, 7) is 0. The number of carbonyl (C=O) groups is 2. The molecule has 0 fully saturated rings. The zero-order valence-corrected chi connectivity index (χ0v) is 15.2. The molecule has 0 aliphatic heterocycles. The lowest BCUT2D eigenvalue weighted by Crippen LogP contribution is -2.41. The van der Waals surface area contributed by atoms with Gasteiger partial charge in [-0.3, -0.25) is 20.4 Å². The third kappa shape index (κ3) is 3.50. The lowest BCUT2D eigenvalue weighted by molar-refractivity contribution is 0.0831. The van der Waals surface area contributed by atoms with Crippen LogP contribution in [0.2, 0.25) is 0 Å². The van der Waals surface area contributed by atoms with Crippen LogP contribution < -0.4 is 10.9 Å². The zero-order valence-electron chi connectivity index (χ0n) is 14.4. The van der Waals surface area contributed by atoms with Crippen molar-refractivity contribution in [2.75, 3.05) is 0 Å². The maximum Gasteiger partial charge on any atom is 0.305 e. The number of thiophene rings is 1. The summed E-state index contributed by atoms with van der Waals surface area (Å²) in [6, 6.07) is 9.10. The smallest absolute Gasteiger partial charge is 0.305 e. The number of hydrazine groups is 1. The molecule has 0 unspecified atom stereocenters. The molecule has 1 aromatic carbocycles. The summed E-state index contributed by atoms with van der Waals surface area (Å²) >= 11 is 1.59. The summed E-state index contributed by atoms with van der Waals surface area (Å²) in [6.07, 6.45) is 4.11. The van der Waals surface area contributed by atoms with E-state index in [1.165, 1.54) is 23.1 Å². The first-order chi connectivity index (χ1) is 13.1. The summed E-state index contributed by atoms with van der Waals surface area (Å²) in [7, 11) is 0. The maximum absolute atomic E-state index is 13.8. The fraction of sp³-hybridized carbons (Fsp3) is 0.200. The lowest BCUT2D eigenvalue weighted by Gasteiger charge is -2.12. The second-order valence-electron chi connectivity index (χ2n) is 6.31. The maximum atomic E-state index is 13.8. The fourth-order valence-electron chi connectivity index (χ4n) is 3.19. The number of hydrogen-bond acceptors (Lipinski definition) is 4. The van der Waals surface area contributed by atoms with E-state index in [2.05, 4.69) is 10.9 Å². The Morgan fingerprint density at radius 1 is 1.00 bits per heavy atom. The van der Waals surface area contributed by atoms with Crippen LogP contribution in [0.3, 0.4) is 0 Å². The van der Waals surface area contributed by atoms with Gasteiger partial charge in [-0.25, -0.2) is 4.39 Å². The molecule has 1 aliphatic carbocycles.